The van der Waals surface area contributed by atoms with Crippen molar-refractivity contribution in [1.82, 2.24) is 4.90 Å². The molecule has 5 nitrogen and oxygen atoms in total. The van der Waals surface area contributed by atoms with E-state index in [0.29, 0.717) is 18.7 Å². The second-order valence-corrected chi connectivity index (χ2v) is 5.70. The third-order valence-corrected chi connectivity index (χ3v) is 4.09. The number of rotatable bonds is 5. The highest BCUT2D eigenvalue weighted by Gasteiger charge is 2.34. The van der Waals surface area contributed by atoms with Crippen LogP contribution in [0.15, 0.2) is 18.2 Å². The van der Waals surface area contributed by atoms with Gasteiger partial charge in [-0.25, -0.2) is 0 Å². The van der Waals surface area contributed by atoms with Crippen molar-refractivity contribution in [3.8, 4) is 5.75 Å². The van der Waals surface area contributed by atoms with E-state index in [2.05, 4.69) is 4.90 Å². The van der Waals surface area contributed by atoms with E-state index in [1.807, 2.05) is 13.0 Å². The molecule has 0 aromatic heterocycles. The first kappa shape index (κ1) is 15.5. The standard InChI is InChI=1S/C16H21NO4/c1-10-7-17(9-14(10)16(19)20)8-13-6-12(11(2)18)4-5-15(13)21-3/h4-6,10,14H,7-9H2,1-3H3,(H,19,20). The minimum Gasteiger partial charge on any atom is -0.496 e. The van der Waals surface area contributed by atoms with Crippen LogP contribution in [0.4, 0.5) is 0 Å². The molecule has 1 aromatic carbocycles. The number of carboxylic acids is 1. The van der Waals surface area contributed by atoms with Gasteiger partial charge in [0.1, 0.15) is 5.75 Å². The van der Waals surface area contributed by atoms with Crippen LogP contribution in [0.1, 0.15) is 29.8 Å². The molecule has 1 aliphatic heterocycles. The first-order valence-corrected chi connectivity index (χ1v) is 7.05. The van der Waals surface area contributed by atoms with E-state index in [-0.39, 0.29) is 17.6 Å². The van der Waals surface area contributed by atoms with E-state index < -0.39 is 5.97 Å². The summed E-state index contributed by atoms with van der Waals surface area (Å²) in [6, 6.07) is 5.37. The number of ketones is 1. The zero-order valence-corrected chi connectivity index (χ0v) is 12.6. The molecule has 2 atom stereocenters. The van der Waals surface area contributed by atoms with Crippen molar-refractivity contribution in [2.75, 3.05) is 20.2 Å². The van der Waals surface area contributed by atoms with Crippen LogP contribution in [-0.4, -0.2) is 42.0 Å². The summed E-state index contributed by atoms with van der Waals surface area (Å²) in [6.07, 6.45) is 0. The SMILES string of the molecule is COc1ccc(C(C)=O)cc1CN1CC(C)C(C(=O)O)C1. The lowest BCUT2D eigenvalue weighted by Gasteiger charge is -2.18. The highest BCUT2D eigenvalue weighted by molar-refractivity contribution is 5.94. The lowest BCUT2D eigenvalue weighted by Crippen LogP contribution is -2.23. The summed E-state index contributed by atoms with van der Waals surface area (Å²) in [4.78, 5) is 24.8. The zero-order chi connectivity index (χ0) is 15.6. The van der Waals surface area contributed by atoms with Crippen LogP contribution in [0.25, 0.3) is 0 Å². The third-order valence-electron chi connectivity index (χ3n) is 4.09. The number of benzene rings is 1. The van der Waals surface area contributed by atoms with E-state index in [4.69, 9.17) is 4.74 Å². The minimum absolute atomic E-state index is 0.0112. The maximum absolute atomic E-state index is 11.5. The van der Waals surface area contributed by atoms with Gasteiger partial charge in [0.15, 0.2) is 5.78 Å². The Labute approximate surface area is 124 Å². The van der Waals surface area contributed by atoms with Crippen LogP contribution in [0.3, 0.4) is 0 Å². The van der Waals surface area contributed by atoms with Gasteiger partial charge < -0.3 is 9.84 Å². The van der Waals surface area contributed by atoms with Gasteiger partial charge in [-0.2, -0.15) is 0 Å². The summed E-state index contributed by atoms with van der Waals surface area (Å²) in [5.41, 5.74) is 1.57. The summed E-state index contributed by atoms with van der Waals surface area (Å²) >= 11 is 0. The summed E-state index contributed by atoms with van der Waals surface area (Å²) in [7, 11) is 1.60. The molecule has 0 aliphatic carbocycles. The van der Waals surface area contributed by atoms with Gasteiger partial charge in [0, 0.05) is 30.8 Å². The molecule has 5 heteroatoms. The van der Waals surface area contributed by atoms with Crippen LogP contribution in [0.5, 0.6) is 5.75 Å². The van der Waals surface area contributed by atoms with E-state index >= 15 is 0 Å². The smallest absolute Gasteiger partial charge is 0.308 e. The van der Waals surface area contributed by atoms with E-state index in [1.165, 1.54) is 6.92 Å². The van der Waals surface area contributed by atoms with Gasteiger partial charge in [0.05, 0.1) is 13.0 Å². The number of methoxy groups -OCH3 is 1. The van der Waals surface area contributed by atoms with Crippen molar-refractivity contribution in [1.29, 1.82) is 0 Å². The summed E-state index contributed by atoms with van der Waals surface area (Å²) in [6.45, 7) is 5.36. The van der Waals surface area contributed by atoms with Crippen molar-refractivity contribution in [3.63, 3.8) is 0 Å². The average Bonchev–Trinajstić information content (AvgIpc) is 2.79. The highest BCUT2D eigenvalue weighted by atomic mass is 16.5. The summed E-state index contributed by atoms with van der Waals surface area (Å²) < 4.78 is 5.34. The topological polar surface area (TPSA) is 66.8 Å². The molecule has 0 bridgehead atoms. The van der Waals surface area contributed by atoms with Crippen molar-refractivity contribution in [3.05, 3.63) is 29.3 Å². The van der Waals surface area contributed by atoms with Gasteiger partial charge in [-0.1, -0.05) is 6.92 Å². The fourth-order valence-corrected chi connectivity index (χ4v) is 2.88. The first-order chi connectivity index (χ1) is 9.92. The lowest BCUT2D eigenvalue weighted by atomic mass is 9.99. The predicted octanol–water partition coefficient (Wildman–Crippen LogP) is 2.05. The monoisotopic (exact) mass is 291 g/mol. The molecular formula is C16H21NO4. The molecule has 1 heterocycles. The van der Waals surface area contributed by atoms with Crippen LogP contribution in [0, 0.1) is 11.8 Å². The predicted molar refractivity (Wildman–Crippen MR) is 78.6 cm³/mol. The van der Waals surface area contributed by atoms with Crippen molar-refractivity contribution in [2.45, 2.75) is 20.4 Å². The largest absolute Gasteiger partial charge is 0.496 e. The van der Waals surface area contributed by atoms with Gasteiger partial charge in [0.2, 0.25) is 0 Å². The van der Waals surface area contributed by atoms with E-state index in [9.17, 15) is 14.7 Å². The van der Waals surface area contributed by atoms with Crippen molar-refractivity contribution < 1.29 is 19.4 Å². The number of likely N-dealkylation sites (tertiary alicyclic amines) is 1. The number of carbonyl (C=O) groups excluding carboxylic acids is 1. The van der Waals surface area contributed by atoms with Gasteiger partial charge in [0.25, 0.3) is 0 Å². The second-order valence-electron chi connectivity index (χ2n) is 5.70. The van der Waals surface area contributed by atoms with Gasteiger partial charge >= 0.3 is 5.97 Å². The van der Waals surface area contributed by atoms with Gasteiger partial charge in [-0.3, -0.25) is 14.5 Å². The Morgan fingerprint density at radius 2 is 2.10 bits per heavy atom. The maximum atomic E-state index is 11.5. The first-order valence-electron chi connectivity index (χ1n) is 7.05. The molecule has 0 spiro atoms. The molecule has 1 aliphatic rings. The number of aliphatic carboxylic acids is 1. The van der Waals surface area contributed by atoms with Gasteiger partial charge in [-0.15, -0.1) is 0 Å². The van der Waals surface area contributed by atoms with Crippen LogP contribution >= 0.6 is 0 Å². The normalized spacial score (nSPS) is 22.2. The molecule has 21 heavy (non-hydrogen) atoms. The number of carbonyl (C=O) groups is 2. The molecule has 1 fully saturated rings. The number of carboxylic acid groups (broad SMARTS) is 1. The summed E-state index contributed by atoms with van der Waals surface area (Å²) in [5, 5.41) is 9.19. The van der Waals surface area contributed by atoms with E-state index in [0.717, 1.165) is 17.9 Å². The molecule has 0 saturated carbocycles. The molecule has 0 amide bonds. The van der Waals surface area contributed by atoms with Crippen molar-refractivity contribution >= 4 is 11.8 Å². The number of ether oxygens (including phenoxy) is 1. The third kappa shape index (κ3) is 3.42. The zero-order valence-electron chi connectivity index (χ0n) is 12.6. The second kappa shape index (κ2) is 6.26. The number of hydrogen-bond donors (Lipinski definition) is 1. The Bertz CT molecular complexity index is 555. The average molecular weight is 291 g/mol. The number of nitrogens with zero attached hydrogens (tertiary/aromatic N) is 1. The van der Waals surface area contributed by atoms with Crippen LogP contribution < -0.4 is 4.74 Å². The minimum atomic E-state index is -0.741. The summed E-state index contributed by atoms with van der Waals surface area (Å²) in [5.74, 6) is -0.200. The molecule has 1 saturated heterocycles. The number of hydrogen-bond acceptors (Lipinski definition) is 4. The Kier molecular flexibility index (Phi) is 4.63. The van der Waals surface area contributed by atoms with Crippen LogP contribution in [-0.2, 0) is 11.3 Å². The molecule has 1 aromatic rings. The van der Waals surface area contributed by atoms with Crippen LogP contribution in [0.2, 0.25) is 0 Å². The fourth-order valence-electron chi connectivity index (χ4n) is 2.88. The molecule has 114 valence electrons. The Morgan fingerprint density at radius 3 is 2.62 bits per heavy atom. The Hall–Kier alpha value is -1.88. The molecule has 1 N–H and O–H groups in total. The van der Waals surface area contributed by atoms with Gasteiger partial charge in [-0.05, 0) is 31.0 Å². The highest BCUT2D eigenvalue weighted by Crippen LogP contribution is 2.28. The molecule has 2 unspecified atom stereocenters. The van der Waals surface area contributed by atoms with E-state index in [1.54, 1.807) is 19.2 Å². The number of Topliss-reactive ketones (excluding diaryl/α,β-unsaturated/α-hetero) is 1. The fraction of sp³-hybridized carbons (Fsp3) is 0.500. The molecule has 0 radical (unpaired) electrons. The molecule has 2 rings (SSSR count). The quantitative estimate of drug-likeness (QED) is 0.841. The van der Waals surface area contributed by atoms with Crippen molar-refractivity contribution in [2.24, 2.45) is 11.8 Å². The molecular weight excluding hydrogens is 270 g/mol. The maximum Gasteiger partial charge on any atom is 0.308 e. The Morgan fingerprint density at radius 1 is 1.38 bits per heavy atom. The Balaban J connectivity index is 2.17. The lowest BCUT2D eigenvalue weighted by molar-refractivity contribution is -0.142.